The van der Waals surface area contributed by atoms with Gasteiger partial charge in [0.05, 0.1) is 20.3 Å². The number of ether oxygens (including phenoxy) is 2. The number of nitrogens with zero attached hydrogens (tertiary/aromatic N) is 2. The molecule has 0 spiro atoms. The van der Waals surface area contributed by atoms with Crippen LogP contribution in [-0.4, -0.2) is 29.4 Å². The monoisotopic (exact) mass is 249 g/mol. The van der Waals surface area contributed by atoms with Gasteiger partial charge in [0.15, 0.2) is 11.5 Å². The fourth-order valence-electron chi connectivity index (χ4n) is 1.63. The number of H-pyrrole nitrogens is 1. The Morgan fingerprint density at radius 1 is 1.22 bits per heavy atom. The molecule has 18 heavy (non-hydrogen) atoms. The van der Waals surface area contributed by atoms with E-state index in [1.165, 1.54) is 0 Å². The summed E-state index contributed by atoms with van der Waals surface area (Å²) in [4.78, 5) is 4.00. The summed E-state index contributed by atoms with van der Waals surface area (Å²) in [7, 11) is 3.15. The lowest BCUT2D eigenvalue weighted by atomic mass is 10.1. The quantitative estimate of drug-likeness (QED) is 0.725. The van der Waals surface area contributed by atoms with Crippen LogP contribution in [0.25, 0.3) is 0 Å². The molecule has 0 aliphatic heterocycles. The minimum absolute atomic E-state index is 0.168. The Morgan fingerprint density at radius 3 is 2.50 bits per heavy atom. The second-order valence-corrected chi connectivity index (χ2v) is 3.67. The zero-order chi connectivity index (χ0) is 13.1. The van der Waals surface area contributed by atoms with E-state index in [1.54, 1.807) is 26.4 Å². The molecule has 0 saturated heterocycles. The molecular weight excluding hydrogens is 234 g/mol. The van der Waals surface area contributed by atoms with Crippen LogP contribution in [0.2, 0.25) is 0 Å². The smallest absolute Gasteiger partial charge is 0.239 e. The summed E-state index contributed by atoms with van der Waals surface area (Å²) in [5.41, 5.74) is 12.3. The van der Waals surface area contributed by atoms with Gasteiger partial charge in [0, 0.05) is 0 Å². The third-order valence-corrected chi connectivity index (χ3v) is 2.58. The Hall–Kier alpha value is -2.28. The van der Waals surface area contributed by atoms with Crippen LogP contribution in [0.15, 0.2) is 18.2 Å². The second kappa shape index (κ2) is 4.92. The SMILES string of the molecule is COc1ccc(C(N)c2nc(N)n[nH]2)cc1OC. The summed E-state index contributed by atoms with van der Waals surface area (Å²) in [5.74, 6) is 1.92. The number of hydrogen-bond acceptors (Lipinski definition) is 6. The van der Waals surface area contributed by atoms with Gasteiger partial charge in [-0.05, 0) is 17.7 Å². The van der Waals surface area contributed by atoms with Crippen LogP contribution in [0.1, 0.15) is 17.4 Å². The molecule has 2 aromatic rings. The van der Waals surface area contributed by atoms with Crippen molar-refractivity contribution in [3.63, 3.8) is 0 Å². The minimum Gasteiger partial charge on any atom is -0.493 e. The molecule has 0 fully saturated rings. The molecule has 0 aliphatic rings. The van der Waals surface area contributed by atoms with Crippen molar-refractivity contribution in [2.45, 2.75) is 6.04 Å². The van der Waals surface area contributed by atoms with E-state index in [4.69, 9.17) is 20.9 Å². The predicted molar refractivity (Wildman–Crippen MR) is 66.4 cm³/mol. The number of anilines is 1. The van der Waals surface area contributed by atoms with Crippen LogP contribution in [0.4, 0.5) is 5.95 Å². The van der Waals surface area contributed by atoms with Gasteiger partial charge in [-0.15, -0.1) is 5.10 Å². The van der Waals surface area contributed by atoms with Gasteiger partial charge in [-0.1, -0.05) is 6.07 Å². The number of nitrogens with one attached hydrogen (secondary N) is 1. The van der Waals surface area contributed by atoms with Crippen molar-refractivity contribution >= 4 is 5.95 Å². The number of nitrogens with two attached hydrogens (primary N) is 2. The van der Waals surface area contributed by atoms with Crippen molar-refractivity contribution in [2.24, 2.45) is 5.73 Å². The number of hydrogen-bond donors (Lipinski definition) is 3. The maximum Gasteiger partial charge on any atom is 0.239 e. The number of rotatable bonds is 4. The summed E-state index contributed by atoms with van der Waals surface area (Å²) in [6, 6.07) is 4.97. The normalized spacial score (nSPS) is 12.2. The maximum atomic E-state index is 6.06. The summed E-state index contributed by atoms with van der Waals surface area (Å²) in [5, 5.41) is 6.43. The van der Waals surface area contributed by atoms with Gasteiger partial charge in [-0.25, -0.2) is 0 Å². The highest BCUT2D eigenvalue weighted by atomic mass is 16.5. The van der Waals surface area contributed by atoms with Crippen LogP contribution >= 0.6 is 0 Å². The van der Waals surface area contributed by atoms with E-state index in [9.17, 15) is 0 Å². The molecule has 1 aromatic heterocycles. The maximum absolute atomic E-state index is 6.06. The molecule has 0 aliphatic carbocycles. The Kier molecular flexibility index (Phi) is 3.33. The molecule has 2 rings (SSSR count). The molecule has 1 aromatic carbocycles. The zero-order valence-corrected chi connectivity index (χ0v) is 10.2. The first-order valence-corrected chi connectivity index (χ1v) is 5.31. The van der Waals surface area contributed by atoms with Crippen LogP contribution in [0.3, 0.4) is 0 Å². The average Bonchev–Trinajstić information content (AvgIpc) is 2.83. The summed E-state index contributed by atoms with van der Waals surface area (Å²) in [6.45, 7) is 0. The molecule has 7 nitrogen and oxygen atoms in total. The van der Waals surface area contributed by atoms with Crippen molar-refractivity contribution < 1.29 is 9.47 Å². The Balaban J connectivity index is 2.33. The van der Waals surface area contributed by atoms with E-state index in [-0.39, 0.29) is 5.95 Å². The van der Waals surface area contributed by atoms with Gasteiger partial charge >= 0.3 is 0 Å². The largest absolute Gasteiger partial charge is 0.493 e. The van der Waals surface area contributed by atoms with Crippen molar-refractivity contribution in [3.05, 3.63) is 29.6 Å². The molecule has 5 N–H and O–H groups in total. The summed E-state index contributed by atoms with van der Waals surface area (Å²) in [6.07, 6.45) is 0. The Morgan fingerprint density at radius 2 is 1.94 bits per heavy atom. The highest BCUT2D eigenvalue weighted by Gasteiger charge is 2.15. The summed E-state index contributed by atoms with van der Waals surface area (Å²) < 4.78 is 10.4. The van der Waals surface area contributed by atoms with E-state index < -0.39 is 6.04 Å². The van der Waals surface area contributed by atoms with E-state index in [0.717, 1.165) is 5.56 Å². The Bertz CT molecular complexity index is 540. The number of nitrogen functional groups attached to an aromatic ring is 1. The topological polar surface area (TPSA) is 112 Å². The third kappa shape index (κ3) is 2.21. The van der Waals surface area contributed by atoms with Gasteiger partial charge in [-0.2, -0.15) is 4.98 Å². The summed E-state index contributed by atoms with van der Waals surface area (Å²) >= 11 is 0. The number of methoxy groups -OCH3 is 2. The molecule has 0 bridgehead atoms. The van der Waals surface area contributed by atoms with E-state index in [2.05, 4.69) is 15.2 Å². The molecule has 96 valence electrons. The molecule has 0 amide bonds. The van der Waals surface area contributed by atoms with Gasteiger partial charge < -0.3 is 20.9 Å². The zero-order valence-electron chi connectivity index (χ0n) is 10.2. The molecule has 1 unspecified atom stereocenters. The second-order valence-electron chi connectivity index (χ2n) is 3.67. The first-order valence-electron chi connectivity index (χ1n) is 5.31. The van der Waals surface area contributed by atoms with Crippen LogP contribution < -0.4 is 20.9 Å². The fourth-order valence-corrected chi connectivity index (χ4v) is 1.63. The lowest BCUT2D eigenvalue weighted by molar-refractivity contribution is 0.354. The van der Waals surface area contributed by atoms with E-state index >= 15 is 0 Å². The highest BCUT2D eigenvalue weighted by molar-refractivity contribution is 5.44. The lowest BCUT2D eigenvalue weighted by Gasteiger charge is -2.12. The van der Waals surface area contributed by atoms with Gasteiger partial charge in [-0.3, -0.25) is 5.10 Å². The minimum atomic E-state index is -0.449. The van der Waals surface area contributed by atoms with Crippen molar-refractivity contribution in [1.82, 2.24) is 15.2 Å². The van der Waals surface area contributed by atoms with Crippen LogP contribution in [0.5, 0.6) is 11.5 Å². The first kappa shape index (κ1) is 12.2. The molecule has 1 atom stereocenters. The lowest BCUT2D eigenvalue weighted by Crippen LogP contribution is -2.14. The van der Waals surface area contributed by atoms with E-state index in [1.807, 2.05) is 6.07 Å². The van der Waals surface area contributed by atoms with Crippen molar-refractivity contribution in [2.75, 3.05) is 20.0 Å². The molecule has 0 saturated carbocycles. The number of aromatic amines is 1. The van der Waals surface area contributed by atoms with Gasteiger partial charge in [0.1, 0.15) is 5.82 Å². The predicted octanol–water partition coefficient (Wildman–Crippen LogP) is 0.452. The number of benzene rings is 1. The van der Waals surface area contributed by atoms with E-state index in [0.29, 0.717) is 17.3 Å². The van der Waals surface area contributed by atoms with Crippen LogP contribution in [-0.2, 0) is 0 Å². The Labute approximate surface area is 104 Å². The number of aromatic nitrogens is 3. The average molecular weight is 249 g/mol. The fraction of sp³-hybridized carbons (Fsp3) is 0.273. The standard InChI is InChI=1S/C11H15N5O2/c1-17-7-4-3-6(5-8(7)18-2)9(12)10-14-11(13)16-15-10/h3-5,9H,12H2,1-2H3,(H3,13,14,15,16). The van der Waals surface area contributed by atoms with Crippen LogP contribution in [0, 0.1) is 0 Å². The van der Waals surface area contributed by atoms with Crippen molar-refractivity contribution in [3.8, 4) is 11.5 Å². The molecule has 0 radical (unpaired) electrons. The third-order valence-electron chi connectivity index (χ3n) is 2.58. The van der Waals surface area contributed by atoms with Crippen molar-refractivity contribution in [1.29, 1.82) is 0 Å². The molecule has 1 heterocycles. The first-order chi connectivity index (χ1) is 8.65. The highest BCUT2D eigenvalue weighted by Crippen LogP contribution is 2.30. The van der Waals surface area contributed by atoms with Gasteiger partial charge in [0.2, 0.25) is 5.95 Å². The van der Waals surface area contributed by atoms with Gasteiger partial charge in [0.25, 0.3) is 0 Å². The molecule has 7 heteroatoms. The molecular formula is C11H15N5O2.